The van der Waals surface area contributed by atoms with E-state index in [-0.39, 0.29) is 12.1 Å². The van der Waals surface area contributed by atoms with Crippen LogP contribution in [0.2, 0.25) is 0 Å². The van der Waals surface area contributed by atoms with Crippen LogP contribution in [0.25, 0.3) is 0 Å². The number of ether oxygens (including phenoxy) is 1. The normalized spacial score (nSPS) is 17.8. The zero-order valence-electron chi connectivity index (χ0n) is 11.5. The van der Waals surface area contributed by atoms with E-state index < -0.39 is 0 Å². The largest absolute Gasteiger partial charge is 0.467 e. The Hall–Kier alpha value is -1.86. The number of furan rings is 1. The van der Waals surface area contributed by atoms with Crippen LogP contribution in [0.5, 0.6) is 0 Å². The Kier molecular flexibility index (Phi) is 4.52. The summed E-state index contributed by atoms with van der Waals surface area (Å²) in [4.78, 5) is 18.2. The van der Waals surface area contributed by atoms with Crippen LogP contribution in [0.3, 0.4) is 0 Å². The van der Waals surface area contributed by atoms with Crippen molar-refractivity contribution >= 4 is 22.5 Å². The van der Waals surface area contributed by atoms with E-state index in [1.54, 1.807) is 17.4 Å². The molecule has 3 heterocycles. The molecule has 0 bridgehead atoms. The summed E-state index contributed by atoms with van der Waals surface area (Å²) in [6, 6.07) is 3.49. The summed E-state index contributed by atoms with van der Waals surface area (Å²) in [5.74, 6) is 0.752. The quantitative estimate of drug-likeness (QED) is 0.922. The fraction of sp³-hybridized carbons (Fsp3) is 0.429. The van der Waals surface area contributed by atoms with Gasteiger partial charge in [0.2, 0.25) is 0 Å². The van der Waals surface area contributed by atoms with E-state index in [1.165, 1.54) is 11.3 Å². The molecule has 7 heteroatoms. The number of nitrogens with one attached hydrogen (secondary N) is 1. The predicted molar refractivity (Wildman–Crippen MR) is 79.2 cm³/mol. The molecule has 3 rings (SSSR count). The lowest BCUT2D eigenvalue weighted by atomic mass is 10.2. The smallest absolute Gasteiger partial charge is 0.324 e. The minimum absolute atomic E-state index is 0.0991. The first-order valence-corrected chi connectivity index (χ1v) is 7.78. The molecule has 2 amide bonds. The fourth-order valence-electron chi connectivity index (χ4n) is 2.30. The van der Waals surface area contributed by atoms with E-state index >= 15 is 0 Å². The maximum Gasteiger partial charge on any atom is 0.324 e. The predicted octanol–water partition coefficient (Wildman–Crippen LogP) is 2.95. The zero-order valence-corrected chi connectivity index (χ0v) is 12.3. The lowest BCUT2D eigenvalue weighted by Gasteiger charge is -2.24. The lowest BCUT2D eigenvalue weighted by molar-refractivity contribution is 0.0803. The molecular formula is C14H17N3O3S. The average Bonchev–Trinajstić information content (AvgIpc) is 3.21. The van der Waals surface area contributed by atoms with Gasteiger partial charge in [-0.3, -0.25) is 5.32 Å². The summed E-state index contributed by atoms with van der Waals surface area (Å²) >= 11 is 1.39. The highest BCUT2D eigenvalue weighted by Gasteiger charge is 2.23. The number of rotatable bonds is 5. The van der Waals surface area contributed by atoms with Gasteiger partial charge in [-0.1, -0.05) is 0 Å². The first-order chi connectivity index (χ1) is 10.3. The number of thiazole rings is 1. The molecule has 1 atom stereocenters. The van der Waals surface area contributed by atoms with Crippen molar-refractivity contribution in [3.8, 4) is 0 Å². The van der Waals surface area contributed by atoms with Gasteiger partial charge in [0.05, 0.1) is 18.9 Å². The zero-order chi connectivity index (χ0) is 14.5. The Morgan fingerprint density at radius 1 is 1.57 bits per heavy atom. The molecule has 0 saturated carbocycles. The molecule has 1 fully saturated rings. The molecule has 1 aliphatic rings. The topological polar surface area (TPSA) is 67.6 Å². The number of anilines is 1. The SMILES string of the molecule is O=C(Nc1nccs1)N(Cc1ccco1)CC1CCCO1. The second kappa shape index (κ2) is 6.73. The number of aromatic nitrogens is 1. The molecule has 21 heavy (non-hydrogen) atoms. The monoisotopic (exact) mass is 307 g/mol. The van der Waals surface area contributed by atoms with Crippen LogP contribution >= 0.6 is 11.3 Å². The van der Waals surface area contributed by atoms with Gasteiger partial charge in [0, 0.05) is 24.7 Å². The van der Waals surface area contributed by atoms with Crippen LogP contribution in [0.4, 0.5) is 9.93 Å². The molecule has 0 aromatic carbocycles. The second-order valence-corrected chi connectivity index (χ2v) is 5.76. The number of nitrogens with zero attached hydrogens (tertiary/aromatic N) is 2. The molecule has 0 spiro atoms. The molecule has 2 aromatic rings. The molecular weight excluding hydrogens is 290 g/mol. The third-order valence-corrected chi connectivity index (χ3v) is 4.00. The first kappa shape index (κ1) is 14.1. The van der Waals surface area contributed by atoms with Crippen LogP contribution in [-0.4, -0.2) is 35.2 Å². The standard InChI is InChI=1S/C14H17N3O3S/c18-14(16-13-15-5-8-21-13)17(9-11-3-1-6-19-11)10-12-4-2-7-20-12/h1,3,5-6,8,12H,2,4,7,9-10H2,(H,15,16,18). The van der Waals surface area contributed by atoms with E-state index in [0.717, 1.165) is 25.2 Å². The summed E-state index contributed by atoms with van der Waals surface area (Å²) in [5, 5.41) is 5.23. The van der Waals surface area contributed by atoms with E-state index in [1.807, 2.05) is 17.5 Å². The van der Waals surface area contributed by atoms with Gasteiger partial charge in [0.25, 0.3) is 0 Å². The maximum absolute atomic E-state index is 12.4. The summed E-state index contributed by atoms with van der Waals surface area (Å²) in [6.07, 6.45) is 5.41. The van der Waals surface area contributed by atoms with Crippen LogP contribution in [0, 0.1) is 0 Å². The lowest BCUT2D eigenvalue weighted by Crippen LogP contribution is -2.39. The van der Waals surface area contributed by atoms with E-state index in [4.69, 9.17) is 9.15 Å². The van der Waals surface area contributed by atoms with Crippen LogP contribution in [0.1, 0.15) is 18.6 Å². The van der Waals surface area contributed by atoms with Gasteiger partial charge in [-0.05, 0) is 25.0 Å². The van der Waals surface area contributed by atoms with Gasteiger partial charge in [-0.25, -0.2) is 9.78 Å². The first-order valence-electron chi connectivity index (χ1n) is 6.90. The molecule has 1 saturated heterocycles. The molecule has 1 aliphatic heterocycles. The summed E-state index contributed by atoms with van der Waals surface area (Å²) in [7, 11) is 0. The minimum atomic E-state index is -0.183. The van der Waals surface area contributed by atoms with Gasteiger partial charge in [0.15, 0.2) is 5.13 Å². The van der Waals surface area contributed by atoms with Gasteiger partial charge >= 0.3 is 6.03 Å². The molecule has 2 aromatic heterocycles. The number of urea groups is 1. The molecule has 0 aliphatic carbocycles. The van der Waals surface area contributed by atoms with Crippen molar-refractivity contribution in [2.75, 3.05) is 18.5 Å². The Bertz CT molecular complexity index is 550. The van der Waals surface area contributed by atoms with Crippen molar-refractivity contribution in [1.29, 1.82) is 0 Å². The van der Waals surface area contributed by atoms with Crippen molar-refractivity contribution in [3.63, 3.8) is 0 Å². The average molecular weight is 307 g/mol. The number of carbonyl (C=O) groups is 1. The molecule has 1 N–H and O–H groups in total. The van der Waals surface area contributed by atoms with Crippen molar-refractivity contribution in [2.45, 2.75) is 25.5 Å². The third-order valence-electron chi connectivity index (χ3n) is 3.31. The van der Waals surface area contributed by atoms with E-state index in [9.17, 15) is 4.79 Å². The van der Waals surface area contributed by atoms with E-state index in [0.29, 0.717) is 18.2 Å². The van der Waals surface area contributed by atoms with Gasteiger partial charge < -0.3 is 14.1 Å². The fourth-order valence-corrected chi connectivity index (χ4v) is 2.82. The summed E-state index contributed by atoms with van der Waals surface area (Å²) in [6.45, 7) is 1.75. The highest BCUT2D eigenvalue weighted by atomic mass is 32.1. The highest BCUT2D eigenvalue weighted by Crippen LogP contribution is 2.17. The number of carbonyl (C=O) groups excluding carboxylic acids is 1. The Morgan fingerprint density at radius 2 is 2.52 bits per heavy atom. The van der Waals surface area contributed by atoms with Crippen LogP contribution < -0.4 is 5.32 Å². The molecule has 112 valence electrons. The number of hydrogen-bond acceptors (Lipinski definition) is 5. The number of hydrogen-bond donors (Lipinski definition) is 1. The molecule has 6 nitrogen and oxygen atoms in total. The minimum Gasteiger partial charge on any atom is -0.467 e. The van der Waals surface area contributed by atoms with Crippen LogP contribution in [-0.2, 0) is 11.3 Å². The summed E-state index contributed by atoms with van der Waals surface area (Å²) in [5.41, 5.74) is 0. The summed E-state index contributed by atoms with van der Waals surface area (Å²) < 4.78 is 11.0. The Labute approximate surface area is 126 Å². The maximum atomic E-state index is 12.4. The van der Waals surface area contributed by atoms with Gasteiger partial charge in [0.1, 0.15) is 5.76 Å². The second-order valence-electron chi connectivity index (χ2n) is 4.86. The van der Waals surface area contributed by atoms with Crippen molar-refractivity contribution in [1.82, 2.24) is 9.88 Å². The molecule has 1 unspecified atom stereocenters. The number of amides is 2. The van der Waals surface area contributed by atoms with Crippen molar-refractivity contribution in [2.24, 2.45) is 0 Å². The van der Waals surface area contributed by atoms with E-state index in [2.05, 4.69) is 10.3 Å². The Balaban J connectivity index is 1.66. The van der Waals surface area contributed by atoms with Crippen molar-refractivity contribution < 1.29 is 13.9 Å². The highest BCUT2D eigenvalue weighted by molar-refractivity contribution is 7.13. The third kappa shape index (κ3) is 3.83. The Morgan fingerprint density at radius 3 is 3.19 bits per heavy atom. The van der Waals surface area contributed by atoms with Crippen LogP contribution in [0.15, 0.2) is 34.4 Å². The van der Waals surface area contributed by atoms with Crippen molar-refractivity contribution in [3.05, 3.63) is 35.7 Å². The molecule has 0 radical (unpaired) electrons. The van der Waals surface area contributed by atoms with Gasteiger partial charge in [-0.2, -0.15) is 0 Å². The van der Waals surface area contributed by atoms with Gasteiger partial charge in [-0.15, -0.1) is 11.3 Å².